The van der Waals surface area contributed by atoms with Gasteiger partial charge in [0, 0.05) is 11.3 Å². The van der Waals surface area contributed by atoms with E-state index in [-0.39, 0.29) is 0 Å². The van der Waals surface area contributed by atoms with E-state index in [2.05, 4.69) is 9.97 Å². The zero-order valence-electron chi connectivity index (χ0n) is 10.9. The van der Waals surface area contributed by atoms with Crippen LogP contribution in [-0.4, -0.2) is 16.3 Å². The van der Waals surface area contributed by atoms with Gasteiger partial charge in [-0.3, -0.25) is 9.78 Å². The molecule has 2 heterocycles. The van der Waals surface area contributed by atoms with Crippen molar-refractivity contribution < 1.29 is 4.79 Å². The van der Waals surface area contributed by atoms with Crippen LogP contribution < -0.4 is 0 Å². The van der Waals surface area contributed by atoms with Crippen molar-refractivity contribution in [3.63, 3.8) is 0 Å². The lowest BCUT2D eigenvalue weighted by molar-refractivity contribution is 0.112. The van der Waals surface area contributed by atoms with Gasteiger partial charge in [-0.05, 0) is 31.0 Å². The van der Waals surface area contributed by atoms with E-state index in [1.165, 1.54) is 0 Å². The minimum absolute atomic E-state index is 0.582. The third kappa shape index (κ3) is 1.83. The summed E-state index contributed by atoms with van der Waals surface area (Å²) in [6, 6.07) is 11.9. The molecule has 0 amide bonds. The number of hydrogen-bond acceptors (Lipinski definition) is 2. The fraction of sp³-hybridized carbons (Fsp3) is 0.125. The Labute approximate surface area is 111 Å². The molecule has 1 N–H and O–H groups in total. The summed E-state index contributed by atoms with van der Waals surface area (Å²) in [6.45, 7) is 4.00. The average molecular weight is 250 g/mol. The van der Waals surface area contributed by atoms with E-state index < -0.39 is 0 Å². The molecule has 3 rings (SSSR count). The number of aromatic amines is 1. The van der Waals surface area contributed by atoms with Crippen LogP contribution in [0.3, 0.4) is 0 Å². The molecule has 0 aliphatic heterocycles. The largest absolute Gasteiger partial charge is 0.350 e. The number of pyridine rings is 1. The topological polar surface area (TPSA) is 45.8 Å². The number of aromatic nitrogens is 2. The molecule has 0 aliphatic rings. The molecule has 3 aromatic rings. The van der Waals surface area contributed by atoms with Crippen molar-refractivity contribution in [2.45, 2.75) is 13.8 Å². The maximum atomic E-state index is 11.3. The molecule has 0 saturated heterocycles. The van der Waals surface area contributed by atoms with Crippen LogP contribution >= 0.6 is 0 Å². The predicted octanol–water partition coefficient (Wildman–Crippen LogP) is 3.66. The molecule has 0 fully saturated rings. The summed E-state index contributed by atoms with van der Waals surface area (Å²) in [6.07, 6.45) is 0.856. The van der Waals surface area contributed by atoms with Crippen molar-refractivity contribution in [1.82, 2.24) is 9.97 Å². The van der Waals surface area contributed by atoms with Crippen LogP contribution in [0, 0.1) is 13.8 Å². The second-order valence-corrected chi connectivity index (χ2v) is 4.68. The van der Waals surface area contributed by atoms with Crippen molar-refractivity contribution >= 4 is 17.3 Å². The summed E-state index contributed by atoms with van der Waals surface area (Å²) in [5.41, 5.74) is 6.34. The van der Waals surface area contributed by atoms with Gasteiger partial charge in [-0.2, -0.15) is 0 Å². The Morgan fingerprint density at radius 3 is 2.58 bits per heavy atom. The van der Waals surface area contributed by atoms with E-state index in [4.69, 9.17) is 0 Å². The Morgan fingerprint density at radius 1 is 1.16 bits per heavy atom. The molecule has 0 aliphatic carbocycles. The molecule has 2 aromatic heterocycles. The number of aldehydes is 1. The van der Waals surface area contributed by atoms with E-state index in [1.54, 1.807) is 0 Å². The number of nitrogens with zero attached hydrogens (tertiary/aromatic N) is 1. The Balaban J connectivity index is 2.39. The van der Waals surface area contributed by atoms with Gasteiger partial charge in [0.25, 0.3) is 0 Å². The summed E-state index contributed by atoms with van der Waals surface area (Å²) >= 11 is 0. The zero-order chi connectivity index (χ0) is 13.4. The van der Waals surface area contributed by atoms with E-state index in [1.807, 2.05) is 50.2 Å². The summed E-state index contributed by atoms with van der Waals surface area (Å²) in [7, 11) is 0. The maximum Gasteiger partial charge on any atom is 0.166 e. The molecule has 0 bridgehead atoms. The highest BCUT2D eigenvalue weighted by Gasteiger charge is 2.14. The number of H-pyrrole nitrogens is 1. The van der Waals surface area contributed by atoms with Crippen LogP contribution in [0.2, 0.25) is 0 Å². The number of rotatable bonds is 2. The average Bonchev–Trinajstić information content (AvgIpc) is 2.78. The lowest BCUT2D eigenvalue weighted by Crippen LogP contribution is -1.88. The number of nitrogens with one attached hydrogen (secondary N) is 1. The number of carbonyl (C=O) groups is 1. The Bertz CT molecular complexity index is 757. The van der Waals surface area contributed by atoms with Crippen LogP contribution in [0.1, 0.15) is 21.7 Å². The van der Waals surface area contributed by atoms with Gasteiger partial charge in [0.05, 0.1) is 16.7 Å². The van der Waals surface area contributed by atoms with Gasteiger partial charge in [-0.25, -0.2) is 0 Å². The quantitative estimate of drug-likeness (QED) is 0.705. The van der Waals surface area contributed by atoms with Gasteiger partial charge >= 0.3 is 0 Å². The first-order valence-electron chi connectivity index (χ1n) is 6.21. The van der Waals surface area contributed by atoms with Crippen molar-refractivity contribution in [2.75, 3.05) is 0 Å². The van der Waals surface area contributed by atoms with Gasteiger partial charge in [0.2, 0.25) is 0 Å². The summed E-state index contributed by atoms with van der Waals surface area (Å²) in [5, 5.41) is 0. The third-order valence-corrected chi connectivity index (χ3v) is 3.42. The zero-order valence-corrected chi connectivity index (χ0v) is 10.9. The van der Waals surface area contributed by atoms with E-state index in [9.17, 15) is 4.79 Å². The van der Waals surface area contributed by atoms with Crippen LogP contribution in [0.15, 0.2) is 36.4 Å². The second-order valence-electron chi connectivity index (χ2n) is 4.68. The fourth-order valence-electron chi connectivity index (χ4n) is 2.31. The Morgan fingerprint density at radius 2 is 1.89 bits per heavy atom. The van der Waals surface area contributed by atoms with Gasteiger partial charge in [-0.1, -0.05) is 30.3 Å². The van der Waals surface area contributed by atoms with Crippen molar-refractivity contribution in [3.8, 4) is 11.1 Å². The van der Waals surface area contributed by atoms with Crippen LogP contribution in [0.25, 0.3) is 22.2 Å². The first-order valence-corrected chi connectivity index (χ1v) is 6.21. The van der Waals surface area contributed by atoms with Crippen LogP contribution in [-0.2, 0) is 0 Å². The minimum atomic E-state index is 0.582. The number of benzene rings is 1. The third-order valence-electron chi connectivity index (χ3n) is 3.42. The highest BCUT2D eigenvalue weighted by Crippen LogP contribution is 2.31. The highest BCUT2D eigenvalue weighted by molar-refractivity contribution is 6.02. The fourth-order valence-corrected chi connectivity index (χ4v) is 2.31. The molecule has 94 valence electrons. The Kier molecular flexibility index (Phi) is 2.67. The predicted molar refractivity (Wildman–Crippen MR) is 76.4 cm³/mol. The van der Waals surface area contributed by atoms with Crippen molar-refractivity contribution in [1.29, 1.82) is 0 Å². The normalized spacial score (nSPS) is 10.8. The van der Waals surface area contributed by atoms with Gasteiger partial charge in [0.15, 0.2) is 6.29 Å². The SMILES string of the molecule is Cc1cc2[nH]c(C=O)c(-c3ccccc3)c2nc1C. The molecule has 3 nitrogen and oxygen atoms in total. The smallest absolute Gasteiger partial charge is 0.166 e. The molecular weight excluding hydrogens is 236 g/mol. The molecule has 0 spiro atoms. The summed E-state index contributed by atoms with van der Waals surface area (Å²) < 4.78 is 0. The minimum Gasteiger partial charge on any atom is -0.350 e. The number of fused-ring (bicyclic) bond motifs is 1. The molecule has 1 aromatic carbocycles. The van der Waals surface area contributed by atoms with Gasteiger partial charge in [-0.15, -0.1) is 0 Å². The first kappa shape index (κ1) is 11.7. The molecule has 0 radical (unpaired) electrons. The molecule has 0 atom stereocenters. The molecule has 0 unspecified atom stereocenters. The van der Waals surface area contributed by atoms with E-state index in [0.29, 0.717) is 5.69 Å². The van der Waals surface area contributed by atoms with E-state index in [0.717, 1.165) is 39.7 Å². The lowest BCUT2D eigenvalue weighted by atomic mass is 10.0. The number of carbonyl (C=O) groups excluding carboxylic acids is 1. The second kappa shape index (κ2) is 4.35. The van der Waals surface area contributed by atoms with Crippen LogP contribution in [0.5, 0.6) is 0 Å². The number of aryl methyl sites for hydroxylation is 2. The summed E-state index contributed by atoms with van der Waals surface area (Å²) in [4.78, 5) is 19.1. The van der Waals surface area contributed by atoms with Crippen molar-refractivity contribution in [3.05, 3.63) is 53.3 Å². The Hall–Kier alpha value is -2.42. The summed E-state index contributed by atoms with van der Waals surface area (Å²) in [5.74, 6) is 0. The maximum absolute atomic E-state index is 11.3. The van der Waals surface area contributed by atoms with E-state index >= 15 is 0 Å². The molecule has 19 heavy (non-hydrogen) atoms. The monoisotopic (exact) mass is 250 g/mol. The first-order chi connectivity index (χ1) is 9.20. The van der Waals surface area contributed by atoms with Crippen molar-refractivity contribution in [2.24, 2.45) is 0 Å². The molecular formula is C16H14N2O. The van der Waals surface area contributed by atoms with Gasteiger partial charge < -0.3 is 4.98 Å². The molecule has 0 saturated carbocycles. The van der Waals surface area contributed by atoms with Gasteiger partial charge in [0.1, 0.15) is 0 Å². The highest BCUT2D eigenvalue weighted by atomic mass is 16.1. The standard InChI is InChI=1S/C16H14N2O/c1-10-8-13-16(17-11(10)2)15(14(9-19)18-13)12-6-4-3-5-7-12/h3-9,18H,1-2H3. The van der Waals surface area contributed by atoms with Crippen LogP contribution in [0.4, 0.5) is 0 Å². The molecule has 3 heteroatoms. The lowest BCUT2D eigenvalue weighted by Gasteiger charge is -2.02. The number of hydrogen-bond donors (Lipinski definition) is 1.